The molecule has 0 aromatic carbocycles. The van der Waals surface area contributed by atoms with Crippen molar-refractivity contribution < 1.29 is 4.74 Å². The standard InChI is InChI=1S/C12H17ClN2O/c1-2-12-9-15(5-6-16-12)8-11-7-10(13)3-4-14-11/h3-4,7,12H,2,5-6,8-9H2,1H3. The molecule has 88 valence electrons. The van der Waals surface area contributed by atoms with Crippen molar-refractivity contribution in [3.8, 4) is 0 Å². The topological polar surface area (TPSA) is 25.4 Å². The third kappa shape index (κ3) is 3.17. The quantitative estimate of drug-likeness (QED) is 0.811. The summed E-state index contributed by atoms with van der Waals surface area (Å²) < 4.78 is 5.63. The maximum Gasteiger partial charge on any atom is 0.0700 e. The molecule has 4 heteroatoms. The Labute approximate surface area is 101 Å². The minimum absolute atomic E-state index is 0.368. The van der Waals surface area contributed by atoms with Gasteiger partial charge in [0, 0.05) is 30.9 Å². The van der Waals surface area contributed by atoms with Gasteiger partial charge in [0.2, 0.25) is 0 Å². The second-order valence-corrected chi connectivity index (χ2v) is 4.54. The molecule has 1 aromatic heterocycles. The summed E-state index contributed by atoms with van der Waals surface area (Å²) in [5, 5.41) is 0.755. The molecule has 0 radical (unpaired) electrons. The number of hydrogen-bond donors (Lipinski definition) is 0. The van der Waals surface area contributed by atoms with Gasteiger partial charge in [-0.1, -0.05) is 18.5 Å². The Morgan fingerprint density at radius 3 is 3.25 bits per heavy atom. The fourth-order valence-electron chi connectivity index (χ4n) is 1.94. The zero-order valence-corrected chi connectivity index (χ0v) is 10.3. The van der Waals surface area contributed by atoms with Gasteiger partial charge in [0.05, 0.1) is 18.4 Å². The molecule has 1 aliphatic rings. The monoisotopic (exact) mass is 240 g/mol. The van der Waals surface area contributed by atoms with Crippen molar-refractivity contribution in [2.45, 2.75) is 26.0 Å². The fourth-order valence-corrected chi connectivity index (χ4v) is 2.12. The van der Waals surface area contributed by atoms with E-state index in [2.05, 4.69) is 16.8 Å². The van der Waals surface area contributed by atoms with Crippen molar-refractivity contribution in [1.29, 1.82) is 0 Å². The van der Waals surface area contributed by atoms with E-state index in [-0.39, 0.29) is 0 Å². The Morgan fingerprint density at radius 2 is 2.50 bits per heavy atom. The molecule has 0 spiro atoms. The molecule has 0 saturated carbocycles. The third-order valence-corrected chi connectivity index (χ3v) is 3.08. The van der Waals surface area contributed by atoms with E-state index in [4.69, 9.17) is 16.3 Å². The van der Waals surface area contributed by atoms with Crippen molar-refractivity contribution in [1.82, 2.24) is 9.88 Å². The number of pyridine rings is 1. The molecule has 0 aliphatic carbocycles. The first-order valence-corrected chi connectivity index (χ1v) is 6.10. The first-order valence-electron chi connectivity index (χ1n) is 5.72. The largest absolute Gasteiger partial charge is 0.376 e. The summed E-state index contributed by atoms with van der Waals surface area (Å²) in [7, 11) is 0. The predicted octanol–water partition coefficient (Wildman–Crippen LogP) is 2.35. The number of ether oxygens (including phenoxy) is 1. The van der Waals surface area contributed by atoms with Crippen LogP contribution in [0.3, 0.4) is 0 Å². The van der Waals surface area contributed by atoms with Gasteiger partial charge in [0.15, 0.2) is 0 Å². The number of aromatic nitrogens is 1. The molecule has 2 rings (SSSR count). The number of morpholine rings is 1. The Hall–Kier alpha value is -0.640. The van der Waals surface area contributed by atoms with E-state index in [1.165, 1.54) is 0 Å². The van der Waals surface area contributed by atoms with Crippen molar-refractivity contribution >= 4 is 11.6 Å². The number of hydrogen-bond acceptors (Lipinski definition) is 3. The van der Waals surface area contributed by atoms with Crippen LogP contribution < -0.4 is 0 Å². The van der Waals surface area contributed by atoms with Gasteiger partial charge in [-0.2, -0.15) is 0 Å². The Bertz CT molecular complexity index is 346. The second kappa shape index (κ2) is 5.62. The third-order valence-electron chi connectivity index (χ3n) is 2.84. The molecular formula is C12H17ClN2O. The molecular weight excluding hydrogens is 224 g/mol. The summed E-state index contributed by atoms with van der Waals surface area (Å²) >= 11 is 5.94. The molecule has 3 nitrogen and oxygen atoms in total. The molecule has 0 N–H and O–H groups in total. The lowest BCUT2D eigenvalue weighted by molar-refractivity contribution is -0.0328. The minimum atomic E-state index is 0.368. The summed E-state index contributed by atoms with van der Waals surface area (Å²) in [5.74, 6) is 0. The minimum Gasteiger partial charge on any atom is -0.376 e. The van der Waals surface area contributed by atoms with Crippen LogP contribution in [0.1, 0.15) is 19.0 Å². The van der Waals surface area contributed by atoms with Gasteiger partial charge in [-0.3, -0.25) is 9.88 Å². The van der Waals surface area contributed by atoms with Crippen molar-refractivity contribution in [3.05, 3.63) is 29.0 Å². The van der Waals surface area contributed by atoms with E-state index in [0.29, 0.717) is 6.10 Å². The Balaban J connectivity index is 1.94. The van der Waals surface area contributed by atoms with Gasteiger partial charge in [-0.15, -0.1) is 0 Å². The van der Waals surface area contributed by atoms with Gasteiger partial charge < -0.3 is 4.74 Å². The van der Waals surface area contributed by atoms with Crippen molar-refractivity contribution in [3.63, 3.8) is 0 Å². The Kier molecular flexibility index (Phi) is 4.16. The summed E-state index contributed by atoms with van der Waals surface area (Å²) in [6, 6.07) is 3.73. The first kappa shape index (κ1) is 11.8. The normalized spacial score (nSPS) is 22.2. The zero-order chi connectivity index (χ0) is 11.4. The van der Waals surface area contributed by atoms with E-state index in [1.807, 2.05) is 6.07 Å². The molecule has 0 amide bonds. The first-order chi connectivity index (χ1) is 7.78. The highest BCUT2D eigenvalue weighted by molar-refractivity contribution is 6.30. The van der Waals surface area contributed by atoms with Gasteiger partial charge in [0.1, 0.15) is 0 Å². The highest BCUT2D eigenvalue weighted by atomic mass is 35.5. The molecule has 1 fully saturated rings. The summed E-state index contributed by atoms with van der Waals surface area (Å²) in [5.41, 5.74) is 1.03. The molecule has 1 aromatic rings. The fraction of sp³-hybridized carbons (Fsp3) is 0.583. The van der Waals surface area contributed by atoms with E-state index in [0.717, 1.165) is 43.4 Å². The van der Waals surface area contributed by atoms with Crippen LogP contribution in [-0.2, 0) is 11.3 Å². The SMILES string of the molecule is CCC1CN(Cc2cc(Cl)ccn2)CCO1. The lowest BCUT2D eigenvalue weighted by atomic mass is 10.2. The van der Waals surface area contributed by atoms with Crippen molar-refractivity contribution in [2.24, 2.45) is 0 Å². The van der Waals surface area contributed by atoms with Gasteiger partial charge in [-0.25, -0.2) is 0 Å². The van der Waals surface area contributed by atoms with E-state index < -0.39 is 0 Å². The summed E-state index contributed by atoms with van der Waals surface area (Å²) in [4.78, 5) is 6.69. The van der Waals surface area contributed by atoms with Crippen LogP contribution in [0.15, 0.2) is 18.3 Å². The molecule has 2 heterocycles. The van der Waals surface area contributed by atoms with Crippen LogP contribution >= 0.6 is 11.6 Å². The van der Waals surface area contributed by atoms with Crippen LogP contribution in [-0.4, -0.2) is 35.7 Å². The number of rotatable bonds is 3. The van der Waals surface area contributed by atoms with Crippen LogP contribution in [0.5, 0.6) is 0 Å². The van der Waals surface area contributed by atoms with Crippen LogP contribution in [0.25, 0.3) is 0 Å². The average Bonchev–Trinajstić information content (AvgIpc) is 2.29. The predicted molar refractivity (Wildman–Crippen MR) is 64.6 cm³/mol. The average molecular weight is 241 g/mol. The highest BCUT2D eigenvalue weighted by Gasteiger charge is 2.19. The zero-order valence-electron chi connectivity index (χ0n) is 9.53. The van der Waals surface area contributed by atoms with Crippen LogP contribution in [0.2, 0.25) is 5.02 Å². The van der Waals surface area contributed by atoms with E-state index in [1.54, 1.807) is 12.3 Å². The summed E-state index contributed by atoms with van der Waals surface area (Å²) in [6.07, 6.45) is 3.20. The molecule has 0 bridgehead atoms. The highest BCUT2D eigenvalue weighted by Crippen LogP contribution is 2.13. The van der Waals surface area contributed by atoms with E-state index >= 15 is 0 Å². The molecule has 1 atom stereocenters. The second-order valence-electron chi connectivity index (χ2n) is 4.10. The lowest BCUT2D eigenvalue weighted by Gasteiger charge is -2.32. The number of halogens is 1. The number of nitrogens with zero attached hydrogens (tertiary/aromatic N) is 2. The van der Waals surface area contributed by atoms with E-state index in [9.17, 15) is 0 Å². The Morgan fingerprint density at radius 1 is 1.62 bits per heavy atom. The van der Waals surface area contributed by atoms with Gasteiger partial charge in [0.25, 0.3) is 0 Å². The molecule has 1 aliphatic heterocycles. The smallest absolute Gasteiger partial charge is 0.0700 e. The van der Waals surface area contributed by atoms with Gasteiger partial charge in [-0.05, 0) is 18.6 Å². The molecule has 1 saturated heterocycles. The lowest BCUT2D eigenvalue weighted by Crippen LogP contribution is -2.41. The summed E-state index contributed by atoms with van der Waals surface area (Å²) in [6.45, 7) is 5.81. The molecule has 16 heavy (non-hydrogen) atoms. The van der Waals surface area contributed by atoms with Crippen LogP contribution in [0, 0.1) is 0 Å². The maximum absolute atomic E-state index is 5.94. The van der Waals surface area contributed by atoms with Crippen LogP contribution in [0.4, 0.5) is 0 Å². The van der Waals surface area contributed by atoms with Crippen molar-refractivity contribution in [2.75, 3.05) is 19.7 Å². The van der Waals surface area contributed by atoms with Gasteiger partial charge >= 0.3 is 0 Å². The molecule has 1 unspecified atom stereocenters. The maximum atomic E-state index is 5.94.